The highest BCUT2D eigenvalue weighted by Crippen LogP contribution is 2.45. The summed E-state index contributed by atoms with van der Waals surface area (Å²) in [5.74, 6) is -0.335. The Balaban J connectivity index is 1.54. The normalized spacial score (nSPS) is 26.2. The first kappa shape index (κ1) is 17.3. The molecule has 4 rings (SSSR count). The molecule has 1 N–H and O–H groups in total. The molecule has 2 atom stereocenters. The van der Waals surface area contributed by atoms with Crippen molar-refractivity contribution in [2.75, 3.05) is 19.8 Å². The number of nitrogens with one attached hydrogen (secondary N) is 1. The molecule has 2 aliphatic heterocycles. The summed E-state index contributed by atoms with van der Waals surface area (Å²) in [4.78, 5) is 27.5. The number of carbonyl (C=O) groups excluding carboxylic acids is 2. The topological polar surface area (TPSA) is 76.5 Å². The number of aryl methyl sites for hydroxylation is 1. The van der Waals surface area contributed by atoms with Gasteiger partial charge in [-0.25, -0.2) is 0 Å². The van der Waals surface area contributed by atoms with E-state index >= 15 is 0 Å². The number of rotatable bonds is 5. The predicted molar refractivity (Wildman–Crippen MR) is 95.2 cm³/mol. The maximum atomic E-state index is 12.9. The van der Waals surface area contributed by atoms with Crippen LogP contribution in [0.5, 0.6) is 0 Å². The minimum absolute atomic E-state index is 0.0544. The SMILES string of the molecule is Cc1c([C@@H]2[C@@H](C(=O)NCC3=CCCOC3)CC(=O)N2C2CC2)cnn1C. The van der Waals surface area contributed by atoms with Crippen LogP contribution in [-0.2, 0) is 21.4 Å². The van der Waals surface area contributed by atoms with Crippen LogP contribution in [0.25, 0.3) is 0 Å². The second-order valence-corrected chi connectivity index (χ2v) is 7.52. The molecule has 1 aromatic heterocycles. The van der Waals surface area contributed by atoms with Gasteiger partial charge in [-0.3, -0.25) is 14.3 Å². The van der Waals surface area contributed by atoms with Crippen LogP contribution in [0.3, 0.4) is 0 Å². The van der Waals surface area contributed by atoms with Crippen LogP contribution in [0.15, 0.2) is 17.8 Å². The van der Waals surface area contributed by atoms with E-state index in [1.165, 1.54) is 0 Å². The molecule has 2 fully saturated rings. The van der Waals surface area contributed by atoms with Gasteiger partial charge in [0.2, 0.25) is 11.8 Å². The highest BCUT2D eigenvalue weighted by molar-refractivity contribution is 5.91. The summed E-state index contributed by atoms with van der Waals surface area (Å²) >= 11 is 0. The van der Waals surface area contributed by atoms with Crippen LogP contribution in [0.1, 0.15) is 43.0 Å². The first-order valence-corrected chi connectivity index (χ1v) is 9.39. The largest absolute Gasteiger partial charge is 0.377 e. The van der Waals surface area contributed by atoms with E-state index in [0.717, 1.165) is 42.7 Å². The van der Waals surface area contributed by atoms with Crippen molar-refractivity contribution in [3.05, 3.63) is 29.1 Å². The van der Waals surface area contributed by atoms with Crippen LogP contribution in [0.2, 0.25) is 0 Å². The summed E-state index contributed by atoms with van der Waals surface area (Å²) in [5.41, 5.74) is 3.10. The monoisotopic (exact) mass is 358 g/mol. The molecule has 0 unspecified atom stereocenters. The van der Waals surface area contributed by atoms with Gasteiger partial charge in [0, 0.05) is 37.3 Å². The van der Waals surface area contributed by atoms with E-state index < -0.39 is 0 Å². The third kappa shape index (κ3) is 3.16. The highest BCUT2D eigenvalue weighted by atomic mass is 16.5. The van der Waals surface area contributed by atoms with Crippen molar-refractivity contribution >= 4 is 11.8 Å². The first-order chi connectivity index (χ1) is 12.6. The second kappa shape index (κ2) is 6.87. The lowest BCUT2D eigenvalue weighted by Gasteiger charge is -2.28. The van der Waals surface area contributed by atoms with Gasteiger partial charge in [-0.1, -0.05) is 6.08 Å². The smallest absolute Gasteiger partial charge is 0.226 e. The molecule has 1 saturated heterocycles. The number of aromatic nitrogens is 2. The van der Waals surface area contributed by atoms with Crippen molar-refractivity contribution in [2.45, 2.75) is 44.7 Å². The van der Waals surface area contributed by atoms with Crippen LogP contribution in [-0.4, -0.2) is 52.3 Å². The molecule has 7 nitrogen and oxygen atoms in total. The van der Waals surface area contributed by atoms with Gasteiger partial charge in [-0.05, 0) is 31.8 Å². The average molecular weight is 358 g/mol. The lowest BCUT2D eigenvalue weighted by molar-refractivity contribution is -0.129. The third-order valence-electron chi connectivity index (χ3n) is 5.70. The lowest BCUT2D eigenvalue weighted by atomic mass is 9.93. The summed E-state index contributed by atoms with van der Waals surface area (Å²) in [6, 6.07) is 0.0691. The van der Waals surface area contributed by atoms with E-state index in [4.69, 9.17) is 4.74 Å². The second-order valence-electron chi connectivity index (χ2n) is 7.52. The quantitative estimate of drug-likeness (QED) is 0.804. The van der Waals surface area contributed by atoms with Crippen LogP contribution >= 0.6 is 0 Å². The predicted octanol–water partition coefficient (Wildman–Crippen LogP) is 1.24. The minimum atomic E-state index is -0.365. The van der Waals surface area contributed by atoms with E-state index in [1.807, 2.05) is 29.7 Å². The number of hydrogen-bond donors (Lipinski definition) is 1. The summed E-state index contributed by atoms with van der Waals surface area (Å²) in [7, 11) is 1.89. The average Bonchev–Trinajstić information content (AvgIpc) is 3.35. The van der Waals surface area contributed by atoms with E-state index in [1.54, 1.807) is 0 Å². The van der Waals surface area contributed by atoms with E-state index in [2.05, 4.69) is 16.5 Å². The molecule has 0 spiro atoms. The van der Waals surface area contributed by atoms with Crippen LogP contribution in [0, 0.1) is 12.8 Å². The molecule has 0 bridgehead atoms. The minimum Gasteiger partial charge on any atom is -0.377 e. The van der Waals surface area contributed by atoms with Gasteiger partial charge < -0.3 is 15.0 Å². The number of hydrogen-bond acceptors (Lipinski definition) is 4. The van der Waals surface area contributed by atoms with Gasteiger partial charge in [-0.15, -0.1) is 0 Å². The number of ether oxygens (including phenoxy) is 1. The number of nitrogens with zero attached hydrogens (tertiary/aromatic N) is 3. The number of amides is 2. The van der Waals surface area contributed by atoms with Gasteiger partial charge in [-0.2, -0.15) is 5.10 Å². The number of carbonyl (C=O) groups is 2. The Bertz CT molecular complexity index is 750. The van der Waals surface area contributed by atoms with Gasteiger partial charge in [0.1, 0.15) is 0 Å². The maximum Gasteiger partial charge on any atom is 0.226 e. The fraction of sp³-hybridized carbons (Fsp3) is 0.632. The van der Waals surface area contributed by atoms with Crippen molar-refractivity contribution in [3.63, 3.8) is 0 Å². The third-order valence-corrected chi connectivity index (χ3v) is 5.70. The Kier molecular flexibility index (Phi) is 4.56. The van der Waals surface area contributed by atoms with Crippen molar-refractivity contribution in [3.8, 4) is 0 Å². The standard InChI is InChI=1S/C19H26N4O3/c1-12-16(10-21-22(12)2)18-15(8-17(24)23(18)14-5-6-14)19(25)20-9-13-4-3-7-26-11-13/h4,10,14-15,18H,3,5-9,11H2,1-2H3,(H,20,25)/t15-,18-/m0/s1. The molecule has 3 heterocycles. The van der Waals surface area contributed by atoms with E-state index in [0.29, 0.717) is 13.2 Å². The molecular formula is C19H26N4O3. The van der Waals surface area contributed by atoms with E-state index in [-0.39, 0.29) is 36.2 Å². The molecule has 0 radical (unpaired) electrons. The van der Waals surface area contributed by atoms with Crippen molar-refractivity contribution in [1.82, 2.24) is 20.0 Å². The van der Waals surface area contributed by atoms with Crippen LogP contribution in [0.4, 0.5) is 0 Å². The molecule has 2 amide bonds. The fourth-order valence-corrected chi connectivity index (χ4v) is 4.01. The zero-order valence-corrected chi connectivity index (χ0v) is 15.4. The Morgan fingerprint density at radius 3 is 2.85 bits per heavy atom. The molecular weight excluding hydrogens is 332 g/mol. The molecule has 1 aliphatic carbocycles. The molecule has 0 aromatic carbocycles. The fourth-order valence-electron chi connectivity index (χ4n) is 4.01. The first-order valence-electron chi connectivity index (χ1n) is 9.39. The van der Waals surface area contributed by atoms with Gasteiger partial charge in [0.25, 0.3) is 0 Å². The Morgan fingerprint density at radius 1 is 1.42 bits per heavy atom. The van der Waals surface area contributed by atoms with E-state index in [9.17, 15) is 9.59 Å². The lowest BCUT2D eigenvalue weighted by Crippen LogP contribution is -2.37. The maximum absolute atomic E-state index is 12.9. The summed E-state index contributed by atoms with van der Waals surface area (Å²) in [5, 5.41) is 7.36. The molecule has 140 valence electrons. The van der Waals surface area contributed by atoms with Gasteiger partial charge in [0.15, 0.2) is 0 Å². The van der Waals surface area contributed by atoms with Gasteiger partial charge in [0.05, 0.1) is 31.4 Å². The Morgan fingerprint density at radius 2 is 2.23 bits per heavy atom. The summed E-state index contributed by atoms with van der Waals surface area (Å²) in [6.07, 6.45) is 7.16. The van der Waals surface area contributed by atoms with Gasteiger partial charge >= 0.3 is 0 Å². The van der Waals surface area contributed by atoms with Crippen LogP contribution < -0.4 is 5.32 Å². The summed E-state index contributed by atoms with van der Waals surface area (Å²) < 4.78 is 7.24. The zero-order chi connectivity index (χ0) is 18.3. The Hall–Kier alpha value is -2.15. The van der Waals surface area contributed by atoms with Crippen molar-refractivity contribution < 1.29 is 14.3 Å². The highest BCUT2D eigenvalue weighted by Gasteiger charge is 2.50. The molecule has 3 aliphatic rings. The zero-order valence-electron chi connectivity index (χ0n) is 15.4. The summed E-state index contributed by atoms with van der Waals surface area (Å²) in [6.45, 7) is 3.80. The molecule has 7 heteroatoms. The van der Waals surface area contributed by atoms with Crippen molar-refractivity contribution in [1.29, 1.82) is 0 Å². The van der Waals surface area contributed by atoms with Crippen molar-refractivity contribution in [2.24, 2.45) is 13.0 Å². The Labute approximate surface area is 153 Å². The molecule has 26 heavy (non-hydrogen) atoms. The number of likely N-dealkylation sites (tertiary alicyclic amines) is 1. The molecule has 1 aromatic rings. The molecule has 1 saturated carbocycles.